The maximum absolute atomic E-state index is 13.9. The van der Waals surface area contributed by atoms with E-state index in [1.54, 1.807) is 29.2 Å². The van der Waals surface area contributed by atoms with E-state index in [0.29, 0.717) is 61.7 Å². The Morgan fingerprint density at radius 2 is 1.53 bits per heavy atom. The van der Waals surface area contributed by atoms with Crippen LogP contribution >= 0.6 is 0 Å². The fraction of sp³-hybridized carbons (Fsp3) is 0.394. The molecule has 0 saturated carbocycles. The van der Waals surface area contributed by atoms with Crippen LogP contribution in [0.2, 0.25) is 0 Å². The van der Waals surface area contributed by atoms with Crippen LogP contribution in [0.25, 0.3) is 0 Å². The van der Waals surface area contributed by atoms with E-state index in [2.05, 4.69) is 4.90 Å². The number of benzene rings is 3. The first-order valence-electron chi connectivity index (χ1n) is 14.3. The number of hydrogen-bond donors (Lipinski definition) is 1. The predicted molar refractivity (Wildman–Crippen MR) is 159 cm³/mol. The molecule has 2 aliphatic rings. The van der Waals surface area contributed by atoms with Gasteiger partial charge in [0.15, 0.2) is 11.5 Å². The molecule has 228 valence electrons. The first-order valence-corrected chi connectivity index (χ1v) is 14.3. The molecule has 9 nitrogen and oxygen atoms in total. The molecule has 2 fully saturated rings. The van der Waals surface area contributed by atoms with Gasteiger partial charge < -0.3 is 34.5 Å². The molecule has 0 spiro atoms. The molecule has 2 aliphatic heterocycles. The lowest BCUT2D eigenvalue weighted by Crippen LogP contribution is -2.50. The lowest BCUT2D eigenvalue weighted by Gasteiger charge is -2.41. The number of ether oxygens (including phenoxy) is 4. The van der Waals surface area contributed by atoms with Gasteiger partial charge in [-0.25, -0.2) is 4.39 Å². The molecule has 0 radical (unpaired) electrons. The minimum atomic E-state index is -0.846. The smallest absolute Gasteiger partial charge is 0.256 e. The lowest BCUT2D eigenvalue weighted by molar-refractivity contribution is -0.125. The van der Waals surface area contributed by atoms with Gasteiger partial charge in [0.2, 0.25) is 11.7 Å². The summed E-state index contributed by atoms with van der Waals surface area (Å²) in [5, 5.41) is 0. The standard InChI is InChI=1S/C33H38FN3O6/c1-40-27-19-23(20-28(41-2)29(27)42-3)30(38)37-21-33(43-22-37,25-9-11-26(34)12-10-25)15-18-36-16-13-32(14-17-36,31(35)39)24-7-5-4-6-8-24/h4-12,19-20H,13-18,21-22H2,1-3H3,(H2,35,39)/t33-/m0/s1. The van der Waals surface area contributed by atoms with Gasteiger partial charge in [0.05, 0.1) is 33.3 Å². The first kappa shape index (κ1) is 30.3. The maximum atomic E-state index is 13.9. The molecule has 2 saturated heterocycles. The summed E-state index contributed by atoms with van der Waals surface area (Å²) in [5.41, 5.74) is 6.51. The van der Waals surface area contributed by atoms with Crippen LogP contribution < -0.4 is 19.9 Å². The number of nitrogens with two attached hydrogens (primary N) is 1. The van der Waals surface area contributed by atoms with Crippen molar-refractivity contribution in [3.05, 3.63) is 89.2 Å². The van der Waals surface area contributed by atoms with Gasteiger partial charge in [-0.1, -0.05) is 42.5 Å². The van der Waals surface area contributed by atoms with Gasteiger partial charge in [0, 0.05) is 12.1 Å². The number of hydrogen-bond acceptors (Lipinski definition) is 7. The second kappa shape index (κ2) is 12.6. The summed E-state index contributed by atoms with van der Waals surface area (Å²) in [7, 11) is 4.50. The highest BCUT2D eigenvalue weighted by molar-refractivity contribution is 5.96. The summed E-state index contributed by atoms with van der Waals surface area (Å²) in [6.07, 6.45) is 1.79. The fourth-order valence-electron chi connectivity index (χ4n) is 6.27. The molecule has 5 rings (SSSR count). The normalized spacial score (nSPS) is 20.0. The van der Waals surface area contributed by atoms with Crippen LogP contribution in [0.4, 0.5) is 4.39 Å². The van der Waals surface area contributed by atoms with Crippen LogP contribution in [0.5, 0.6) is 17.2 Å². The molecule has 2 heterocycles. The molecule has 2 amide bonds. The van der Waals surface area contributed by atoms with E-state index in [-0.39, 0.29) is 30.9 Å². The third-order valence-electron chi connectivity index (χ3n) is 8.85. The Labute approximate surface area is 251 Å². The van der Waals surface area contributed by atoms with Crippen molar-refractivity contribution in [3.8, 4) is 17.2 Å². The second-order valence-electron chi connectivity index (χ2n) is 11.1. The highest BCUT2D eigenvalue weighted by Crippen LogP contribution is 2.41. The number of methoxy groups -OCH3 is 3. The lowest BCUT2D eigenvalue weighted by atomic mass is 9.72. The molecular weight excluding hydrogens is 553 g/mol. The topological polar surface area (TPSA) is 104 Å². The van der Waals surface area contributed by atoms with E-state index < -0.39 is 11.0 Å². The van der Waals surface area contributed by atoms with Gasteiger partial charge in [-0.05, 0) is 67.7 Å². The Hall–Kier alpha value is -4.15. The van der Waals surface area contributed by atoms with Crippen molar-refractivity contribution in [1.29, 1.82) is 0 Å². The molecule has 0 aromatic heterocycles. The number of piperidine rings is 1. The number of rotatable bonds is 10. The summed E-state index contributed by atoms with van der Waals surface area (Å²) in [6, 6.07) is 19.2. The van der Waals surface area contributed by atoms with Crippen molar-refractivity contribution in [3.63, 3.8) is 0 Å². The van der Waals surface area contributed by atoms with Crippen LogP contribution in [0.3, 0.4) is 0 Å². The molecule has 0 unspecified atom stereocenters. The summed E-state index contributed by atoms with van der Waals surface area (Å²) in [6.45, 7) is 2.37. The molecule has 2 N–H and O–H groups in total. The average Bonchev–Trinajstić information content (AvgIpc) is 3.49. The highest BCUT2D eigenvalue weighted by Gasteiger charge is 2.45. The van der Waals surface area contributed by atoms with Crippen molar-refractivity contribution in [2.24, 2.45) is 5.73 Å². The monoisotopic (exact) mass is 591 g/mol. The van der Waals surface area contributed by atoms with Crippen LogP contribution in [-0.2, 0) is 20.5 Å². The van der Waals surface area contributed by atoms with E-state index in [0.717, 1.165) is 11.1 Å². The van der Waals surface area contributed by atoms with Gasteiger partial charge in [-0.3, -0.25) is 9.59 Å². The van der Waals surface area contributed by atoms with Crippen LogP contribution in [0.15, 0.2) is 66.7 Å². The van der Waals surface area contributed by atoms with Gasteiger partial charge >= 0.3 is 0 Å². The largest absolute Gasteiger partial charge is 0.493 e. The number of likely N-dealkylation sites (tertiary alicyclic amines) is 1. The number of halogens is 1. The summed E-state index contributed by atoms with van der Waals surface area (Å²) in [4.78, 5) is 30.3. The molecule has 3 aromatic rings. The molecule has 3 aromatic carbocycles. The Balaban J connectivity index is 1.34. The van der Waals surface area contributed by atoms with Crippen molar-refractivity contribution < 1.29 is 32.9 Å². The average molecular weight is 592 g/mol. The molecule has 10 heteroatoms. The van der Waals surface area contributed by atoms with Crippen LogP contribution in [0, 0.1) is 5.82 Å². The number of carbonyl (C=O) groups is 2. The fourth-order valence-corrected chi connectivity index (χ4v) is 6.27. The minimum absolute atomic E-state index is 0.0612. The van der Waals surface area contributed by atoms with E-state index in [9.17, 15) is 14.0 Å². The second-order valence-corrected chi connectivity index (χ2v) is 11.1. The highest BCUT2D eigenvalue weighted by atomic mass is 19.1. The van der Waals surface area contributed by atoms with Crippen molar-refractivity contribution in [2.45, 2.75) is 30.3 Å². The van der Waals surface area contributed by atoms with Gasteiger partial charge in [0.25, 0.3) is 5.91 Å². The Morgan fingerprint density at radius 1 is 0.907 bits per heavy atom. The minimum Gasteiger partial charge on any atom is -0.493 e. The van der Waals surface area contributed by atoms with E-state index in [1.807, 2.05) is 30.3 Å². The Kier molecular flexibility index (Phi) is 8.89. The summed E-state index contributed by atoms with van der Waals surface area (Å²) >= 11 is 0. The van der Waals surface area contributed by atoms with Gasteiger partial charge in [-0.15, -0.1) is 0 Å². The van der Waals surface area contributed by atoms with Crippen LogP contribution in [-0.4, -0.2) is 75.9 Å². The van der Waals surface area contributed by atoms with E-state index in [1.165, 1.54) is 33.5 Å². The van der Waals surface area contributed by atoms with Crippen molar-refractivity contribution in [1.82, 2.24) is 9.80 Å². The van der Waals surface area contributed by atoms with Crippen molar-refractivity contribution >= 4 is 11.8 Å². The molecule has 43 heavy (non-hydrogen) atoms. The molecule has 0 bridgehead atoms. The number of carbonyl (C=O) groups excluding carboxylic acids is 2. The summed E-state index contributed by atoms with van der Waals surface area (Å²) < 4.78 is 36.6. The zero-order valence-electron chi connectivity index (χ0n) is 24.8. The number of nitrogens with zero attached hydrogens (tertiary/aromatic N) is 2. The zero-order chi connectivity index (χ0) is 30.6. The number of primary amides is 1. The quantitative estimate of drug-likeness (QED) is 0.379. The maximum Gasteiger partial charge on any atom is 0.256 e. The Morgan fingerprint density at radius 3 is 2.09 bits per heavy atom. The predicted octanol–water partition coefficient (Wildman–Crippen LogP) is 4.09. The molecule has 1 atom stereocenters. The van der Waals surface area contributed by atoms with E-state index in [4.69, 9.17) is 24.7 Å². The van der Waals surface area contributed by atoms with Gasteiger partial charge in [0.1, 0.15) is 18.1 Å². The van der Waals surface area contributed by atoms with Crippen molar-refractivity contribution in [2.75, 3.05) is 54.2 Å². The molecule has 0 aliphatic carbocycles. The first-order chi connectivity index (χ1) is 20.7. The molecular formula is C33H38FN3O6. The third kappa shape index (κ3) is 5.89. The third-order valence-corrected chi connectivity index (χ3v) is 8.85. The van der Waals surface area contributed by atoms with Crippen LogP contribution in [0.1, 0.15) is 40.7 Å². The number of amides is 2. The van der Waals surface area contributed by atoms with E-state index >= 15 is 0 Å². The summed E-state index contributed by atoms with van der Waals surface area (Å²) in [5.74, 6) is 0.248. The zero-order valence-corrected chi connectivity index (χ0v) is 24.8. The SMILES string of the molecule is COc1cc(C(=O)N2CO[C@](CCN3CCC(C(N)=O)(c4ccccc4)CC3)(c3ccc(F)cc3)C2)cc(OC)c1OC. The van der Waals surface area contributed by atoms with Gasteiger partial charge in [-0.2, -0.15) is 0 Å². The Bertz CT molecular complexity index is 1420.